The average molecular weight is 211 g/mol. The third-order valence-electron chi connectivity index (χ3n) is 3.45. The Balaban J connectivity index is 1.98. The second kappa shape index (κ2) is 4.00. The highest BCUT2D eigenvalue weighted by molar-refractivity contribution is 4.99. The van der Waals surface area contributed by atoms with Crippen LogP contribution in [0.15, 0.2) is 5.11 Å². The molecular weight excluding hydrogens is 194 g/mol. The van der Waals surface area contributed by atoms with E-state index in [0.29, 0.717) is 6.54 Å². The molecule has 1 spiro atoms. The van der Waals surface area contributed by atoms with Crippen LogP contribution in [0.1, 0.15) is 33.1 Å². The molecule has 4 atom stereocenters. The quantitative estimate of drug-likeness (QED) is 0.400. The summed E-state index contributed by atoms with van der Waals surface area (Å²) in [6.07, 6.45) is 3.46. The molecule has 2 saturated heterocycles. The Morgan fingerprint density at radius 2 is 2.33 bits per heavy atom. The number of hydrogen-bond acceptors (Lipinski definition) is 3. The zero-order valence-electron chi connectivity index (χ0n) is 9.22. The number of azide groups is 1. The van der Waals surface area contributed by atoms with Gasteiger partial charge in [0.1, 0.15) is 0 Å². The van der Waals surface area contributed by atoms with Crippen LogP contribution in [0.4, 0.5) is 0 Å². The number of nitrogens with zero attached hydrogens (tertiary/aromatic N) is 3. The lowest BCUT2D eigenvalue weighted by atomic mass is 9.91. The molecule has 0 N–H and O–H groups in total. The minimum atomic E-state index is -0.116. The molecule has 0 amide bonds. The molecule has 0 aromatic rings. The third kappa shape index (κ3) is 1.95. The zero-order valence-corrected chi connectivity index (χ0v) is 9.22. The van der Waals surface area contributed by atoms with Crippen LogP contribution in [0.25, 0.3) is 10.4 Å². The fourth-order valence-electron chi connectivity index (χ4n) is 2.73. The maximum absolute atomic E-state index is 8.26. The van der Waals surface area contributed by atoms with Gasteiger partial charge in [0, 0.05) is 11.3 Å². The SMILES string of the molecule is CC1CC2(CCC(CN=[N+]=[N-])O2)C(C)O1. The van der Waals surface area contributed by atoms with Crippen molar-refractivity contribution < 1.29 is 9.47 Å². The van der Waals surface area contributed by atoms with E-state index in [4.69, 9.17) is 15.0 Å². The first-order valence-corrected chi connectivity index (χ1v) is 5.50. The normalized spacial score (nSPS) is 44.5. The van der Waals surface area contributed by atoms with E-state index in [9.17, 15) is 0 Å². The minimum Gasteiger partial charge on any atom is -0.372 e. The first-order chi connectivity index (χ1) is 7.16. The van der Waals surface area contributed by atoms with Crippen molar-refractivity contribution in [1.29, 1.82) is 0 Å². The second-order valence-electron chi connectivity index (χ2n) is 4.55. The van der Waals surface area contributed by atoms with Gasteiger partial charge in [-0.05, 0) is 32.2 Å². The predicted octanol–water partition coefficient (Wildman–Crippen LogP) is 2.41. The lowest BCUT2D eigenvalue weighted by Gasteiger charge is -2.27. The van der Waals surface area contributed by atoms with Gasteiger partial charge >= 0.3 is 0 Å². The highest BCUT2D eigenvalue weighted by atomic mass is 16.6. The largest absolute Gasteiger partial charge is 0.372 e. The maximum atomic E-state index is 8.26. The molecule has 5 nitrogen and oxygen atoms in total. The molecule has 2 fully saturated rings. The molecular formula is C10H17N3O2. The summed E-state index contributed by atoms with van der Waals surface area (Å²) in [5.41, 5.74) is 8.14. The van der Waals surface area contributed by atoms with Crippen molar-refractivity contribution in [2.45, 2.75) is 57.0 Å². The van der Waals surface area contributed by atoms with E-state index in [1.165, 1.54) is 0 Å². The van der Waals surface area contributed by atoms with Crippen LogP contribution in [0.3, 0.4) is 0 Å². The van der Waals surface area contributed by atoms with Gasteiger partial charge in [0.15, 0.2) is 0 Å². The topological polar surface area (TPSA) is 67.2 Å². The van der Waals surface area contributed by atoms with Crippen molar-refractivity contribution in [2.24, 2.45) is 5.11 Å². The summed E-state index contributed by atoms with van der Waals surface area (Å²) in [4.78, 5) is 2.76. The molecule has 15 heavy (non-hydrogen) atoms. The fourth-order valence-corrected chi connectivity index (χ4v) is 2.73. The Labute approximate surface area is 89.4 Å². The summed E-state index contributed by atoms with van der Waals surface area (Å²) in [6.45, 7) is 4.59. The Kier molecular flexibility index (Phi) is 2.87. The second-order valence-corrected chi connectivity index (χ2v) is 4.55. The van der Waals surface area contributed by atoms with Gasteiger partial charge in [-0.2, -0.15) is 0 Å². The molecule has 0 saturated carbocycles. The van der Waals surface area contributed by atoms with E-state index in [0.717, 1.165) is 19.3 Å². The van der Waals surface area contributed by atoms with E-state index in [1.54, 1.807) is 0 Å². The number of hydrogen-bond donors (Lipinski definition) is 0. The molecule has 0 aliphatic carbocycles. The molecule has 0 aromatic heterocycles. The Morgan fingerprint density at radius 1 is 1.53 bits per heavy atom. The summed E-state index contributed by atoms with van der Waals surface area (Å²) in [7, 11) is 0. The Morgan fingerprint density at radius 3 is 2.93 bits per heavy atom. The van der Waals surface area contributed by atoms with E-state index >= 15 is 0 Å². The Hall–Kier alpha value is -0.770. The van der Waals surface area contributed by atoms with Crippen LogP contribution < -0.4 is 0 Å². The summed E-state index contributed by atoms with van der Waals surface area (Å²) in [6, 6.07) is 0. The summed E-state index contributed by atoms with van der Waals surface area (Å²) >= 11 is 0. The van der Waals surface area contributed by atoms with Gasteiger partial charge in [0.2, 0.25) is 0 Å². The number of rotatable bonds is 2. The molecule has 4 unspecified atom stereocenters. The van der Waals surface area contributed by atoms with Crippen LogP contribution in [0.5, 0.6) is 0 Å². The summed E-state index contributed by atoms with van der Waals surface area (Å²) < 4.78 is 11.7. The molecule has 5 heteroatoms. The van der Waals surface area contributed by atoms with Crippen LogP contribution >= 0.6 is 0 Å². The highest BCUT2D eigenvalue weighted by Crippen LogP contribution is 2.43. The van der Waals surface area contributed by atoms with Gasteiger partial charge in [0.25, 0.3) is 0 Å². The lowest BCUT2D eigenvalue weighted by molar-refractivity contribution is -0.0781. The first-order valence-electron chi connectivity index (χ1n) is 5.50. The molecule has 2 heterocycles. The van der Waals surface area contributed by atoms with Crippen molar-refractivity contribution in [1.82, 2.24) is 0 Å². The van der Waals surface area contributed by atoms with Crippen molar-refractivity contribution >= 4 is 0 Å². The first kappa shape index (κ1) is 10.7. The van der Waals surface area contributed by atoms with Crippen molar-refractivity contribution in [2.75, 3.05) is 6.54 Å². The van der Waals surface area contributed by atoms with E-state index in [-0.39, 0.29) is 23.9 Å². The van der Waals surface area contributed by atoms with Crippen LogP contribution in [0.2, 0.25) is 0 Å². The molecule has 2 rings (SSSR count). The van der Waals surface area contributed by atoms with Crippen molar-refractivity contribution in [3.05, 3.63) is 10.4 Å². The highest BCUT2D eigenvalue weighted by Gasteiger charge is 2.50. The van der Waals surface area contributed by atoms with Crippen molar-refractivity contribution in [3.8, 4) is 0 Å². The van der Waals surface area contributed by atoms with Gasteiger partial charge in [-0.15, -0.1) is 0 Å². The molecule has 84 valence electrons. The van der Waals surface area contributed by atoms with Gasteiger partial charge in [-0.25, -0.2) is 0 Å². The average Bonchev–Trinajstić information content (AvgIpc) is 2.70. The third-order valence-corrected chi connectivity index (χ3v) is 3.45. The molecule has 2 aliphatic heterocycles. The lowest BCUT2D eigenvalue weighted by Crippen LogP contribution is -2.36. The Bertz CT molecular complexity index is 290. The van der Waals surface area contributed by atoms with Gasteiger partial charge in [-0.3, -0.25) is 0 Å². The van der Waals surface area contributed by atoms with Gasteiger partial charge in [0.05, 0.1) is 30.5 Å². The van der Waals surface area contributed by atoms with Crippen LogP contribution in [-0.2, 0) is 9.47 Å². The smallest absolute Gasteiger partial charge is 0.0969 e. The standard InChI is InChI=1S/C10H17N3O2/c1-7-5-10(8(2)14-7)4-3-9(15-10)6-12-13-11/h7-9H,3-6H2,1-2H3. The molecule has 2 aliphatic rings. The molecule has 0 bridgehead atoms. The molecule has 0 aromatic carbocycles. The summed E-state index contributed by atoms with van der Waals surface area (Å²) in [5.74, 6) is 0. The van der Waals surface area contributed by atoms with E-state index in [2.05, 4.69) is 23.9 Å². The molecule has 0 radical (unpaired) electrons. The van der Waals surface area contributed by atoms with Gasteiger partial charge in [-0.1, -0.05) is 5.11 Å². The summed E-state index contributed by atoms with van der Waals surface area (Å²) in [5, 5.41) is 3.57. The van der Waals surface area contributed by atoms with Crippen LogP contribution in [0, 0.1) is 0 Å². The van der Waals surface area contributed by atoms with Crippen LogP contribution in [-0.4, -0.2) is 30.5 Å². The zero-order chi connectivity index (χ0) is 10.9. The van der Waals surface area contributed by atoms with E-state index < -0.39 is 0 Å². The minimum absolute atomic E-state index is 0.0808. The van der Waals surface area contributed by atoms with Gasteiger partial charge < -0.3 is 9.47 Å². The van der Waals surface area contributed by atoms with E-state index in [1.807, 2.05) is 0 Å². The predicted molar refractivity (Wildman–Crippen MR) is 55.5 cm³/mol. The van der Waals surface area contributed by atoms with Crippen molar-refractivity contribution in [3.63, 3.8) is 0 Å². The number of ether oxygens (including phenoxy) is 2. The maximum Gasteiger partial charge on any atom is 0.0969 e. The fraction of sp³-hybridized carbons (Fsp3) is 1.00. The monoisotopic (exact) mass is 211 g/mol.